The molecule has 0 saturated heterocycles. The van der Waals surface area contributed by atoms with Gasteiger partial charge in [0.1, 0.15) is 11.5 Å². The molecule has 7 nitrogen and oxygen atoms in total. The number of nitrogens with zero attached hydrogens (tertiary/aromatic N) is 3. The molecule has 3 aromatic carbocycles. The lowest BCUT2D eigenvalue weighted by Gasteiger charge is -2.11. The number of ether oxygens (including phenoxy) is 2. The number of hydrogen-bond donors (Lipinski definition) is 2. The average Bonchev–Trinajstić information content (AvgIpc) is 3.22. The van der Waals surface area contributed by atoms with Crippen LogP contribution in [-0.4, -0.2) is 28.3 Å². The third-order valence-corrected chi connectivity index (χ3v) is 5.69. The molecule has 1 aromatic heterocycles. The maximum absolute atomic E-state index is 5.96. The summed E-state index contributed by atoms with van der Waals surface area (Å²) < 4.78 is 17.2. The van der Waals surface area contributed by atoms with Gasteiger partial charge in [-0.15, -0.1) is 0 Å². The van der Waals surface area contributed by atoms with Gasteiger partial charge in [-0.2, -0.15) is 9.37 Å². The fourth-order valence-corrected chi connectivity index (χ4v) is 4.08. The molecule has 0 radical (unpaired) electrons. The average molecular weight is 498 g/mol. The zero-order valence-corrected chi connectivity index (χ0v) is 20.2. The minimum absolute atomic E-state index is 0.297. The SMILES string of the molecule is COc1cccc(Nc2nsc(=NC(=S)Nc3ccc(Cl)cc3)n2-c2cccc(OC)c2)c1. The van der Waals surface area contributed by atoms with Crippen molar-refractivity contribution in [2.45, 2.75) is 0 Å². The Labute approximate surface area is 205 Å². The minimum Gasteiger partial charge on any atom is -0.497 e. The Hall–Kier alpha value is -3.40. The molecule has 168 valence electrons. The van der Waals surface area contributed by atoms with Crippen LogP contribution < -0.4 is 24.9 Å². The van der Waals surface area contributed by atoms with Crippen molar-refractivity contribution in [3.05, 3.63) is 82.6 Å². The van der Waals surface area contributed by atoms with Gasteiger partial charge in [0, 0.05) is 40.1 Å². The summed E-state index contributed by atoms with van der Waals surface area (Å²) >= 11 is 12.7. The van der Waals surface area contributed by atoms with E-state index in [1.165, 1.54) is 11.5 Å². The number of thiocarbonyl (C=S) groups is 1. The zero-order chi connectivity index (χ0) is 23.2. The molecule has 0 saturated carbocycles. The second-order valence-electron chi connectivity index (χ2n) is 6.73. The molecular formula is C23H20ClN5O2S2. The van der Waals surface area contributed by atoms with Crippen LogP contribution in [0.15, 0.2) is 77.8 Å². The van der Waals surface area contributed by atoms with Gasteiger partial charge in [-0.3, -0.25) is 4.57 Å². The van der Waals surface area contributed by atoms with Gasteiger partial charge in [0.05, 0.1) is 19.9 Å². The highest BCUT2D eigenvalue weighted by atomic mass is 35.5. The van der Waals surface area contributed by atoms with Crippen molar-refractivity contribution in [2.75, 3.05) is 24.9 Å². The van der Waals surface area contributed by atoms with E-state index < -0.39 is 0 Å². The second kappa shape index (κ2) is 10.5. The van der Waals surface area contributed by atoms with E-state index >= 15 is 0 Å². The van der Waals surface area contributed by atoms with Crippen molar-refractivity contribution in [1.82, 2.24) is 8.94 Å². The minimum atomic E-state index is 0.297. The second-order valence-corrected chi connectivity index (χ2v) is 8.28. The Kier molecular flexibility index (Phi) is 7.23. The molecular weight excluding hydrogens is 478 g/mol. The van der Waals surface area contributed by atoms with Gasteiger partial charge >= 0.3 is 0 Å². The van der Waals surface area contributed by atoms with Crippen molar-refractivity contribution < 1.29 is 9.47 Å². The first-order valence-electron chi connectivity index (χ1n) is 9.81. The summed E-state index contributed by atoms with van der Waals surface area (Å²) in [6.07, 6.45) is 0. The van der Waals surface area contributed by atoms with Crippen LogP contribution in [0.2, 0.25) is 5.02 Å². The van der Waals surface area contributed by atoms with Gasteiger partial charge in [0.2, 0.25) is 10.7 Å². The molecule has 0 fully saturated rings. The zero-order valence-electron chi connectivity index (χ0n) is 17.8. The van der Waals surface area contributed by atoms with Gasteiger partial charge < -0.3 is 20.1 Å². The van der Waals surface area contributed by atoms with Gasteiger partial charge in [0.15, 0.2) is 5.11 Å². The number of hydrogen-bond acceptors (Lipinski definition) is 6. The highest BCUT2D eigenvalue weighted by molar-refractivity contribution is 7.80. The summed E-state index contributed by atoms with van der Waals surface area (Å²) in [7, 11) is 3.26. The fourth-order valence-electron chi connectivity index (χ4n) is 2.99. The molecule has 0 bridgehead atoms. The molecule has 0 amide bonds. The van der Waals surface area contributed by atoms with Crippen molar-refractivity contribution >= 4 is 57.8 Å². The lowest BCUT2D eigenvalue weighted by atomic mass is 10.3. The molecule has 0 aliphatic heterocycles. The lowest BCUT2D eigenvalue weighted by Crippen LogP contribution is -2.19. The predicted molar refractivity (Wildman–Crippen MR) is 138 cm³/mol. The highest BCUT2D eigenvalue weighted by Gasteiger charge is 2.12. The normalized spacial score (nSPS) is 11.2. The van der Waals surface area contributed by atoms with Crippen molar-refractivity contribution in [1.29, 1.82) is 0 Å². The topological polar surface area (TPSA) is 72.7 Å². The van der Waals surface area contributed by atoms with Crippen LogP contribution >= 0.6 is 35.4 Å². The quantitative estimate of drug-likeness (QED) is 0.335. The number of rotatable bonds is 6. The molecule has 0 unspecified atom stereocenters. The number of nitrogens with one attached hydrogen (secondary N) is 2. The largest absolute Gasteiger partial charge is 0.497 e. The summed E-state index contributed by atoms with van der Waals surface area (Å²) in [5.74, 6) is 2.03. The Morgan fingerprint density at radius 3 is 2.39 bits per heavy atom. The molecule has 0 aliphatic rings. The molecule has 2 N–H and O–H groups in total. The third-order valence-electron chi connectivity index (χ3n) is 4.55. The summed E-state index contributed by atoms with van der Waals surface area (Å²) in [6.45, 7) is 0. The summed E-state index contributed by atoms with van der Waals surface area (Å²) in [6, 6.07) is 22.5. The standard InChI is InChI=1S/C23H20ClN5O2S2/c1-30-19-7-3-5-17(13-19)25-21-28-33-23(29(21)18-6-4-8-20(14-18)31-2)27-22(32)26-16-11-9-15(24)10-12-16/h3-14H,1-2H3,(H,25,28)(H,26,32). The number of methoxy groups -OCH3 is 2. The van der Waals surface area contributed by atoms with E-state index in [-0.39, 0.29) is 0 Å². The Morgan fingerprint density at radius 2 is 1.67 bits per heavy atom. The van der Waals surface area contributed by atoms with E-state index in [1.54, 1.807) is 26.4 Å². The summed E-state index contributed by atoms with van der Waals surface area (Å²) in [5, 5.41) is 7.38. The predicted octanol–water partition coefficient (Wildman–Crippen LogP) is 5.65. The lowest BCUT2D eigenvalue weighted by molar-refractivity contribution is 0.414. The molecule has 0 atom stereocenters. The van der Waals surface area contributed by atoms with Crippen LogP contribution in [0.5, 0.6) is 11.5 Å². The van der Waals surface area contributed by atoms with Crippen LogP contribution in [0.1, 0.15) is 0 Å². The maximum atomic E-state index is 5.96. The smallest absolute Gasteiger partial charge is 0.225 e. The van der Waals surface area contributed by atoms with Crippen LogP contribution in [0.3, 0.4) is 0 Å². The summed E-state index contributed by atoms with van der Waals surface area (Å²) in [5.41, 5.74) is 2.44. The van der Waals surface area contributed by atoms with E-state index in [1.807, 2.05) is 65.2 Å². The van der Waals surface area contributed by atoms with Crippen LogP contribution in [0.25, 0.3) is 5.69 Å². The van der Waals surface area contributed by atoms with Crippen molar-refractivity contribution in [2.24, 2.45) is 4.99 Å². The first-order chi connectivity index (χ1) is 16.1. The van der Waals surface area contributed by atoms with Crippen LogP contribution in [0.4, 0.5) is 17.3 Å². The van der Waals surface area contributed by atoms with Gasteiger partial charge in [-0.05, 0) is 60.7 Å². The number of aromatic nitrogens is 2. The van der Waals surface area contributed by atoms with Crippen LogP contribution in [0, 0.1) is 0 Å². The van der Waals surface area contributed by atoms with Crippen molar-refractivity contribution in [3.8, 4) is 17.2 Å². The summed E-state index contributed by atoms with van der Waals surface area (Å²) in [4.78, 5) is 5.19. The molecule has 1 heterocycles. The van der Waals surface area contributed by atoms with E-state index in [0.717, 1.165) is 22.8 Å². The molecule has 4 rings (SSSR count). The first kappa shape index (κ1) is 22.8. The Morgan fingerprint density at radius 1 is 0.970 bits per heavy atom. The molecule has 10 heteroatoms. The molecule has 4 aromatic rings. The van der Waals surface area contributed by atoms with Crippen molar-refractivity contribution in [3.63, 3.8) is 0 Å². The van der Waals surface area contributed by atoms with E-state index in [4.69, 9.17) is 33.3 Å². The van der Waals surface area contributed by atoms with Crippen LogP contribution in [-0.2, 0) is 0 Å². The van der Waals surface area contributed by atoms with E-state index in [9.17, 15) is 0 Å². The number of anilines is 3. The Balaban J connectivity index is 1.73. The number of benzene rings is 3. The van der Waals surface area contributed by atoms with Gasteiger partial charge in [-0.25, -0.2) is 0 Å². The van der Waals surface area contributed by atoms with E-state index in [0.29, 0.717) is 26.6 Å². The Bertz CT molecular complexity index is 1340. The van der Waals surface area contributed by atoms with E-state index in [2.05, 4.69) is 20.0 Å². The fraction of sp³-hybridized carbons (Fsp3) is 0.0870. The maximum Gasteiger partial charge on any atom is 0.225 e. The highest BCUT2D eigenvalue weighted by Crippen LogP contribution is 2.24. The number of halogens is 1. The third kappa shape index (κ3) is 5.70. The van der Waals surface area contributed by atoms with Gasteiger partial charge in [0.25, 0.3) is 0 Å². The molecule has 33 heavy (non-hydrogen) atoms. The first-order valence-corrected chi connectivity index (χ1v) is 11.4. The van der Waals surface area contributed by atoms with Gasteiger partial charge in [-0.1, -0.05) is 23.7 Å². The monoisotopic (exact) mass is 497 g/mol. The molecule has 0 spiro atoms. The molecule has 0 aliphatic carbocycles.